The summed E-state index contributed by atoms with van der Waals surface area (Å²) in [6.45, 7) is 4.97. The molecular weight excluding hydrogens is 473 g/mol. The van der Waals surface area contributed by atoms with Crippen LogP contribution in [-0.4, -0.2) is 69.4 Å². The van der Waals surface area contributed by atoms with Gasteiger partial charge in [0.05, 0.1) is 19.8 Å². The first-order chi connectivity index (χ1) is 16.1. The van der Waals surface area contributed by atoms with Gasteiger partial charge in [0.1, 0.15) is 25.6 Å². The molecule has 1 amide bonds. The maximum absolute atomic E-state index is 11.9. The second-order valence-electron chi connectivity index (χ2n) is 7.02. The summed E-state index contributed by atoms with van der Waals surface area (Å²) >= 11 is 0. The Balaban J connectivity index is 2.34. The molecule has 0 fully saturated rings. The average Bonchev–Trinajstić information content (AvgIpc) is 2.79. The van der Waals surface area contributed by atoms with E-state index in [1.807, 2.05) is 0 Å². The highest BCUT2D eigenvalue weighted by Gasteiger charge is 2.17. The van der Waals surface area contributed by atoms with Crippen molar-refractivity contribution < 1.29 is 51.8 Å². The number of phosphoric acid groups is 1. The van der Waals surface area contributed by atoms with Gasteiger partial charge in [0, 0.05) is 20.1 Å². The molecule has 0 bridgehead atoms. The summed E-state index contributed by atoms with van der Waals surface area (Å²) in [5.41, 5.74) is 2.05. The van der Waals surface area contributed by atoms with Crippen LogP contribution in [0, 0.1) is 13.8 Å². The van der Waals surface area contributed by atoms with E-state index in [4.69, 9.17) is 23.8 Å². The molecule has 1 aromatic rings. The van der Waals surface area contributed by atoms with Crippen LogP contribution in [0.3, 0.4) is 0 Å². The van der Waals surface area contributed by atoms with Crippen LogP contribution in [-0.2, 0) is 44.0 Å². The Kier molecular flexibility index (Phi) is 13.6. The predicted molar refractivity (Wildman–Crippen MR) is 119 cm³/mol. The van der Waals surface area contributed by atoms with Gasteiger partial charge < -0.3 is 29.2 Å². The molecule has 13 heteroatoms. The molecule has 0 aromatic heterocycles. The topological polar surface area (TPSA) is 156 Å². The minimum Gasteiger partial charge on any atom is -0.445 e. The van der Waals surface area contributed by atoms with Gasteiger partial charge in [0.25, 0.3) is 0 Å². The van der Waals surface area contributed by atoms with Gasteiger partial charge in [0.2, 0.25) is 0 Å². The van der Waals surface area contributed by atoms with Crippen molar-refractivity contribution in [3.05, 3.63) is 28.8 Å². The fourth-order valence-corrected chi connectivity index (χ4v) is 2.98. The van der Waals surface area contributed by atoms with Crippen molar-refractivity contribution in [2.75, 3.05) is 46.7 Å². The molecule has 1 unspecified atom stereocenters. The van der Waals surface area contributed by atoms with Gasteiger partial charge in [-0.3, -0.25) is 13.8 Å². The summed E-state index contributed by atoms with van der Waals surface area (Å²) in [6.07, 6.45) is -0.312. The van der Waals surface area contributed by atoms with Crippen LogP contribution in [0.4, 0.5) is 4.79 Å². The molecule has 192 valence electrons. The summed E-state index contributed by atoms with van der Waals surface area (Å²) < 4.78 is 40.6. The van der Waals surface area contributed by atoms with E-state index in [1.165, 1.54) is 0 Å². The number of esters is 1. The summed E-state index contributed by atoms with van der Waals surface area (Å²) in [4.78, 5) is 44.0. The van der Waals surface area contributed by atoms with E-state index in [0.29, 0.717) is 28.9 Å². The van der Waals surface area contributed by atoms with E-state index in [-0.39, 0.29) is 52.0 Å². The molecule has 34 heavy (non-hydrogen) atoms. The lowest BCUT2D eigenvalue weighted by molar-refractivity contribution is -0.140. The van der Waals surface area contributed by atoms with Gasteiger partial charge in [-0.05, 0) is 42.7 Å². The van der Waals surface area contributed by atoms with Gasteiger partial charge in [0.15, 0.2) is 5.78 Å². The van der Waals surface area contributed by atoms with E-state index >= 15 is 0 Å². The molecule has 1 rings (SSSR count). The summed E-state index contributed by atoms with van der Waals surface area (Å²) in [6, 6.07) is 3.46. The quantitative estimate of drug-likeness (QED) is 0.147. The minimum atomic E-state index is -4.02. The highest BCUT2D eigenvalue weighted by atomic mass is 31.2. The molecule has 1 aromatic carbocycles. The summed E-state index contributed by atoms with van der Waals surface area (Å²) in [5.74, 6) is -0.335. The molecular formula is C21H32NO11P. The van der Waals surface area contributed by atoms with Gasteiger partial charge in [-0.2, -0.15) is 0 Å². The SMILES string of the molecule is CCC(=O)COCC(=O)Oc1c(C)cc(COC(=O)NCCOCCOP(=O)(O)OC)cc1C. The number of benzene rings is 1. The van der Waals surface area contributed by atoms with Crippen molar-refractivity contribution in [3.8, 4) is 5.75 Å². The second-order valence-corrected chi connectivity index (χ2v) is 8.58. The Morgan fingerprint density at radius 3 is 2.32 bits per heavy atom. The van der Waals surface area contributed by atoms with Crippen molar-refractivity contribution >= 4 is 25.7 Å². The third-order valence-corrected chi connectivity index (χ3v) is 5.18. The lowest BCUT2D eigenvalue weighted by Crippen LogP contribution is -2.28. The van der Waals surface area contributed by atoms with Gasteiger partial charge in [-0.1, -0.05) is 6.92 Å². The minimum absolute atomic E-state index is 0.00147. The van der Waals surface area contributed by atoms with Crippen LogP contribution < -0.4 is 10.1 Å². The van der Waals surface area contributed by atoms with Crippen molar-refractivity contribution in [1.29, 1.82) is 0 Å². The maximum Gasteiger partial charge on any atom is 0.471 e. The zero-order valence-electron chi connectivity index (χ0n) is 19.8. The molecule has 0 saturated heterocycles. The highest BCUT2D eigenvalue weighted by molar-refractivity contribution is 7.47. The molecule has 2 N–H and O–H groups in total. The number of aryl methyl sites for hydroxylation is 2. The highest BCUT2D eigenvalue weighted by Crippen LogP contribution is 2.41. The molecule has 0 heterocycles. The molecule has 1 atom stereocenters. The number of amides is 1. The number of hydrogen-bond donors (Lipinski definition) is 2. The Hall–Kier alpha value is -2.34. The van der Waals surface area contributed by atoms with E-state index in [0.717, 1.165) is 7.11 Å². The Bertz CT molecular complexity index is 851. The Labute approximate surface area is 198 Å². The van der Waals surface area contributed by atoms with E-state index in [9.17, 15) is 18.9 Å². The maximum atomic E-state index is 11.9. The smallest absolute Gasteiger partial charge is 0.445 e. The van der Waals surface area contributed by atoms with Crippen molar-refractivity contribution in [2.45, 2.75) is 33.8 Å². The normalized spacial score (nSPS) is 12.6. The van der Waals surface area contributed by atoms with E-state index < -0.39 is 19.9 Å². The Morgan fingerprint density at radius 2 is 1.71 bits per heavy atom. The second kappa shape index (κ2) is 15.5. The zero-order chi connectivity index (χ0) is 25.6. The van der Waals surface area contributed by atoms with Gasteiger partial charge in [-0.15, -0.1) is 0 Å². The first-order valence-electron chi connectivity index (χ1n) is 10.5. The van der Waals surface area contributed by atoms with Crippen molar-refractivity contribution in [2.24, 2.45) is 0 Å². The number of Topliss-reactive ketones (excluding diaryl/α,β-unsaturated/α-hetero) is 1. The number of ketones is 1. The van der Waals surface area contributed by atoms with Crippen molar-refractivity contribution in [3.63, 3.8) is 0 Å². The molecule has 12 nitrogen and oxygen atoms in total. The Morgan fingerprint density at radius 1 is 1.03 bits per heavy atom. The largest absolute Gasteiger partial charge is 0.471 e. The van der Waals surface area contributed by atoms with Crippen LogP contribution in [0.2, 0.25) is 0 Å². The molecule has 0 aliphatic carbocycles. The third kappa shape index (κ3) is 12.2. The van der Waals surface area contributed by atoms with Crippen LogP contribution in [0.15, 0.2) is 12.1 Å². The molecule has 0 aliphatic rings. The van der Waals surface area contributed by atoms with E-state index in [2.05, 4.69) is 14.4 Å². The average molecular weight is 505 g/mol. The monoisotopic (exact) mass is 505 g/mol. The van der Waals surface area contributed by atoms with Crippen molar-refractivity contribution in [1.82, 2.24) is 5.32 Å². The lowest BCUT2D eigenvalue weighted by atomic mass is 10.1. The summed E-state index contributed by atoms with van der Waals surface area (Å²) in [7, 11) is -2.97. The molecule has 0 aliphatic heterocycles. The molecule has 0 spiro atoms. The van der Waals surface area contributed by atoms with Crippen LogP contribution in [0.25, 0.3) is 0 Å². The number of ether oxygens (including phenoxy) is 4. The molecule has 0 radical (unpaired) electrons. The number of carbonyl (C=O) groups is 3. The number of phosphoric ester groups is 1. The zero-order valence-corrected chi connectivity index (χ0v) is 20.7. The fraction of sp³-hybridized carbons (Fsp3) is 0.571. The number of alkyl carbamates (subject to hydrolysis) is 1. The lowest BCUT2D eigenvalue weighted by Gasteiger charge is -2.13. The van der Waals surface area contributed by atoms with Gasteiger partial charge >= 0.3 is 19.9 Å². The third-order valence-electron chi connectivity index (χ3n) is 4.21. The summed E-state index contributed by atoms with van der Waals surface area (Å²) in [5, 5.41) is 2.51. The number of carbonyl (C=O) groups excluding carboxylic acids is 3. The first-order valence-corrected chi connectivity index (χ1v) is 12.0. The number of rotatable bonds is 16. The first kappa shape index (κ1) is 29.7. The number of nitrogens with one attached hydrogen (secondary N) is 1. The van der Waals surface area contributed by atoms with Crippen LogP contribution >= 0.6 is 7.82 Å². The van der Waals surface area contributed by atoms with Crippen LogP contribution in [0.5, 0.6) is 5.75 Å². The standard InChI is InChI=1S/C21H32NO11P/c1-5-18(23)13-30-14-19(24)33-20-15(2)10-17(11-16(20)3)12-31-21(25)22-6-7-29-8-9-32-34(26,27)28-4/h10-11H,5-9,12-14H2,1-4H3,(H,22,25)(H,26,27). The fourth-order valence-electron chi connectivity index (χ4n) is 2.57. The van der Waals surface area contributed by atoms with Crippen LogP contribution in [0.1, 0.15) is 30.0 Å². The number of hydrogen-bond acceptors (Lipinski definition) is 10. The molecule has 0 saturated carbocycles. The van der Waals surface area contributed by atoms with E-state index in [1.54, 1.807) is 32.9 Å². The van der Waals surface area contributed by atoms with Gasteiger partial charge in [-0.25, -0.2) is 14.2 Å². The predicted octanol–water partition coefficient (Wildman–Crippen LogP) is 2.21.